The number of nitrogens with one attached hydrogen (secondary N) is 1. The van der Waals surface area contributed by atoms with E-state index in [2.05, 4.69) is 20.7 Å². The molecule has 1 aliphatic rings. The Labute approximate surface area is 126 Å². The quantitative estimate of drug-likeness (QED) is 0.815. The number of carboxylic acid groups (broad SMARTS) is 1. The fourth-order valence-electron chi connectivity index (χ4n) is 2.08. The molecule has 7 heteroatoms. The van der Waals surface area contributed by atoms with Gasteiger partial charge in [-0.25, -0.2) is 17.9 Å². The van der Waals surface area contributed by atoms with Crippen LogP contribution in [0.25, 0.3) is 0 Å². The third-order valence-corrected chi connectivity index (χ3v) is 5.77. The van der Waals surface area contributed by atoms with Crippen molar-refractivity contribution in [2.75, 3.05) is 0 Å². The Morgan fingerprint density at radius 3 is 2.65 bits per heavy atom. The van der Waals surface area contributed by atoms with Gasteiger partial charge in [0.2, 0.25) is 10.0 Å². The molecule has 1 aromatic rings. The lowest BCUT2D eigenvalue weighted by atomic mass is 10.2. The fourth-order valence-corrected chi connectivity index (χ4v) is 4.42. The maximum Gasteiger partial charge on any atom is 0.335 e. The van der Waals surface area contributed by atoms with E-state index in [1.54, 1.807) is 0 Å². The molecule has 2 N–H and O–H groups in total. The van der Waals surface area contributed by atoms with Crippen LogP contribution >= 0.6 is 15.9 Å². The molecule has 5 nitrogen and oxygen atoms in total. The number of benzene rings is 1. The predicted octanol–water partition coefficient (Wildman–Crippen LogP) is 2.61. The Morgan fingerprint density at radius 1 is 1.50 bits per heavy atom. The maximum atomic E-state index is 12.3. The van der Waals surface area contributed by atoms with Crippen molar-refractivity contribution in [3.8, 4) is 0 Å². The van der Waals surface area contributed by atoms with Crippen molar-refractivity contribution in [2.24, 2.45) is 5.92 Å². The number of rotatable bonds is 6. The molecule has 0 amide bonds. The lowest BCUT2D eigenvalue weighted by molar-refractivity contribution is 0.0696. The van der Waals surface area contributed by atoms with Crippen LogP contribution < -0.4 is 4.72 Å². The van der Waals surface area contributed by atoms with Crippen LogP contribution in [0.15, 0.2) is 27.6 Å². The predicted molar refractivity (Wildman–Crippen MR) is 78.2 cm³/mol. The second kappa shape index (κ2) is 5.83. The highest BCUT2D eigenvalue weighted by molar-refractivity contribution is 9.10. The summed E-state index contributed by atoms with van der Waals surface area (Å²) in [6, 6.07) is 3.76. The van der Waals surface area contributed by atoms with Crippen molar-refractivity contribution in [2.45, 2.75) is 37.1 Å². The Bertz CT molecular complexity index is 625. The molecule has 20 heavy (non-hydrogen) atoms. The first-order chi connectivity index (χ1) is 9.29. The van der Waals surface area contributed by atoms with Gasteiger partial charge < -0.3 is 5.11 Å². The van der Waals surface area contributed by atoms with Gasteiger partial charge in [-0.2, -0.15) is 0 Å². The minimum atomic E-state index is -3.64. The van der Waals surface area contributed by atoms with Gasteiger partial charge >= 0.3 is 5.97 Å². The van der Waals surface area contributed by atoms with Gasteiger partial charge in [-0.05, 0) is 53.4 Å². The molecule has 1 saturated carbocycles. The Morgan fingerprint density at radius 2 is 2.15 bits per heavy atom. The topological polar surface area (TPSA) is 83.5 Å². The van der Waals surface area contributed by atoms with Crippen molar-refractivity contribution in [3.63, 3.8) is 0 Å². The number of hydrogen-bond donors (Lipinski definition) is 2. The molecule has 0 saturated heterocycles. The van der Waals surface area contributed by atoms with Gasteiger partial charge in [0, 0.05) is 10.5 Å². The molecule has 0 bridgehead atoms. The number of hydrogen-bond acceptors (Lipinski definition) is 3. The molecule has 0 spiro atoms. The Hall–Kier alpha value is -0.920. The first-order valence-corrected chi connectivity index (χ1v) is 8.62. The SMILES string of the molecule is CC(CC1CC1)NS(=O)(=O)c1ccc(C(=O)O)cc1Br. The van der Waals surface area contributed by atoms with E-state index in [0.29, 0.717) is 5.92 Å². The fraction of sp³-hybridized carbons (Fsp3) is 0.462. The van der Waals surface area contributed by atoms with Gasteiger partial charge in [-0.1, -0.05) is 12.8 Å². The van der Waals surface area contributed by atoms with Crippen LogP contribution in [0.2, 0.25) is 0 Å². The van der Waals surface area contributed by atoms with Crippen LogP contribution in [0.1, 0.15) is 36.5 Å². The summed E-state index contributed by atoms with van der Waals surface area (Å²) < 4.78 is 27.4. The van der Waals surface area contributed by atoms with Crippen molar-refractivity contribution >= 4 is 31.9 Å². The average Bonchev–Trinajstić information content (AvgIpc) is 3.11. The van der Waals surface area contributed by atoms with Gasteiger partial charge in [0.25, 0.3) is 0 Å². The van der Waals surface area contributed by atoms with Crippen LogP contribution in [-0.2, 0) is 10.0 Å². The third kappa shape index (κ3) is 3.80. The molecular formula is C13H16BrNO4S. The van der Waals surface area contributed by atoms with E-state index in [0.717, 1.165) is 6.42 Å². The summed E-state index contributed by atoms with van der Waals surface area (Å²) in [6.07, 6.45) is 3.18. The summed E-state index contributed by atoms with van der Waals surface area (Å²) >= 11 is 3.12. The highest BCUT2D eigenvalue weighted by Gasteiger charge is 2.27. The van der Waals surface area contributed by atoms with Crippen molar-refractivity contribution in [1.82, 2.24) is 4.72 Å². The smallest absolute Gasteiger partial charge is 0.335 e. The summed E-state index contributed by atoms with van der Waals surface area (Å²) in [7, 11) is -3.64. The van der Waals surface area contributed by atoms with E-state index in [1.807, 2.05) is 6.92 Å². The van der Waals surface area contributed by atoms with E-state index in [9.17, 15) is 13.2 Å². The summed E-state index contributed by atoms with van der Waals surface area (Å²) in [4.78, 5) is 10.9. The van der Waals surface area contributed by atoms with Crippen LogP contribution in [0.3, 0.4) is 0 Å². The number of carboxylic acids is 1. The largest absolute Gasteiger partial charge is 0.478 e. The summed E-state index contributed by atoms with van der Waals surface area (Å²) in [6.45, 7) is 1.84. The van der Waals surface area contributed by atoms with E-state index >= 15 is 0 Å². The molecule has 0 heterocycles. The lowest BCUT2D eigenvalue weighted by Crippen LogP contribution is -2.33. The summed E-state index contributed by atoms with van der Waals surface area (Å²) in [5, 5.41) is 8.87. The van der Waals surface area contributed by atoms with Crippen molar-refractivity contribution in [3.05, 3.63) is 28.2 Å². The monoisotopic (exact) mass is 361 g/mol. The molecule has 110 valence electrons. The summed E-state index contributed by atoms with van der Waals surface area (Å²) in [5.74, 6) is -0.463. The molecule has 1 fully saturated rings. The molecule has 1 aromatic carbocycles. The van der Waals surface area contributed by atoms with Gasteiger partial charge in [0.15, 0.2) is 0 Å². The number of sulfonamides is 1. The standard InChI is InChI=1S/C13H16BrNO4S/c1-8(6-9-2-3-9)15-20(18,19)12-5-4-10(13(16)17)7-11(12)14/h4-5,7-9,15H,2-3,6H2,1H3,(H,16,17). The minimum absolute atomic E-state index is 0.0434. The van der Waals surface area contributed by atoms with Crippen molar-refractivity contribution < 1.29 is 18.3 Å². The molecule has 1 aliphatic carbocycles. The summed E-state index contributed by atoms with van der Waals surface area (Å²) in [5.41, 5.74) is 0.0434. The molecule has 0 aromatic heterocycles. The Balaban J connectivity index is 2.17. The lowest BCUT2D eigenvalue weighted by Gasteiger charge is -2.14. The average molecular weight is 362 g/mol. The van der Waals surface area contributed by atoms with Crippen LogP contribution in [0.5, 0.6) is 0 Å². The van der Waals surface area contributed by atoms with Gasteiger partial charge in [-0.3, -0.25) is 0 Å². The van der Waals surface area contributed by atoms with Crippen molar-refractivity contribution in [1.29, 1.82) is 0 Å². The molecule has 1 unspecified atom stereocenters. The van der Waals surface area contributed by atoms with Crippen LogP contribution in [0, 0.1) is 5.92 Å². The molecular weight excluding hydrogens is 346 g/mol. The zero-order chi connectivity index (χ0) is 14.9. The highest BCUT2D eigenvalue weighted by atomic mass is 79.9. The van der Waals surface area contributed by atoms with E-state index in [1.165, 1.54) is 31.0 Å². The van der Waals surface area contributed by atoms with Gasteiger partial charge in [0.1, 0.15) is 0 Å². The molecule has 0 radical (unpaired) electrons. The van der Waals surface area contributed by atoms with Crippen LogP contribution in [-0.4, -0.2) is 25.5 Å². The maximum absolute atomic E-state index is 12.3. The second-order valence-electron chi connectivity index (χ2n) is 5.15. The minimum Gasteiger partial charge on any atom is -0.478 e. The van der Waals surface area contributed by atoms with E-state index < -0.39 is 16.0 Å². The van der Waals surface area contributed by atoms with Crippen LogP contribution in [0.4, 0.5) is 0 Å². The first-order valence-electron chi connectivity index (χ1n) is 6.35. The highest BCUT2D eigenvalue weighted by Crippen LogP contribution is 2.34. The van der Waals surface area contributed by atoms with E-state index in [-0.39, 0.29) is 21.0 Å². The number of halogens is 1. The zero-order valence-electron chi connectivity index (χ0n) is 11.0. The normalized spacial score (nSPS) is 16.9. The first kappa shape index (κ1) is 15.5. The Kier molecular flexibility index (Phi) is 4.51. The third-order valence-electron chi connectivity index (χ3n) is 3.21. The van der Waals surface area contributed by atoms with Gasteiger partial charge in [-0.15, -0.1) is 0 Å². The number of aromatic carboxylic acids is 1. The van der Waals surface area contributed by atoms with E-state index in [4.69, 9.17) is 5.11 Å². The second-order valence-corrected chi connectivity index (χ2v) is 7.69. The molecule has 2 rings (SSSR count). The number of carbonyl (C=O) groups is 1. The molecule has 0 aliphatic heterocycles. The molecule has 1 atom stereocenters. The zero-order valence-corrected chi connectivity index (χ0v) is 13.4. The van der Waals surface area contributed by atoms with Gasteiger partial charge in [0.05, 0.1) is 10.5 Å².